The minimum absolute atomic E-state index is 0.0510. The summed E-state index contributed by atoms with van der Waals surface area (Å²) in [5.74, 6) is 0.602. The summed E-state index contributed by atoms with van der Waals surface area (Å²) in [4.78, 5) is 28.3. The van der Waals surface area contributed by atoms with Crippen molar-refractivity contribution < 1.29 is 14.3 Å². The van der Waals surface area contributed by atoms with Crippen molar-refractivity contribution in [1.82, 2.24) is 10.2 Å². The average Bonchev–Trinajstić information content (AvgIpc) is 2.61. The molecule has 1 aromatic carbocycles. The van der Waals surface area contributed by atoms with Crippen LogP contribution in [0.4, 0.5) is 16.2 Å². The smallest absolute Gasteiger partial charge is 0.319 e. The Labute approximate surface area is 154 Å². The number of rotatable bonds is 5. The molecule has 2 aliphatic rings. The molecule has 1 saturated carbocycles. The van der Waals surface area contributed by atoms with E-state index in [0.29, 0.717) is 23.7 Å². The molecule has 1 aliphatic heterocycles. The molecule has 0 unspecified atom stereocenters. The Hall–Kier alpha value is -2.28. The maximum Gasteiger partial charge on any atom is 0.319 e. The number of fused-ring (bicyclic) bond motifs is 1. The van der Waals surface area contributed by atoms with E-state index in [1.807, 2.05) is 25.1 Å². The van der Waals surface area contributed by atoms with Gasteiger partial charge in [-0.3, -0.25) is 4.79 Å². The van der Waals surface area contributed by atoms with Gasteiger partial charge < -0.3 is 25.2 Å². The van der Waals surface area contributed by atoms with Crippen LogP contribution in [0.1, 0.15) is 32.1 Å². The molecule has 7 nitrogen and oxygen atoms in total. The zero-order valence-electron chi connectivity index (χ0n) is 15.6. The predicted octanol–water partition coefficient (Wildman–Crippen LogP) is 2.43. The number of ether oxygens (including phenoxy) is 1. The molecular formula is C19H28N4O3. The van der Waals surface area contributed by atoms with Gasteiger partial charge >= 0.3 is 6.03 Å². The van der Waals surface area contributed by atoms with Crippen molar-refractivity contribution in [3.63, 3.8) is 0 Å². The van der Waals surface area contributed by atoms with Crippen LogP contribution >= 0.6 is 0 Å². The van der Waals surface area contributed by atoms with Crippen LogP contribution in [0.25, 0.3) is 0 Å². The number of urea groups is 1. The maximum absolute atomic E-state index is 12.3. The second kappa shape index (κ2) is 8.40. The Kier molecular flexibility index (Phi) is 5.98. The lowest BCUT2D eigenvalue weighted by Crippen LogP contribution is -2.42. The van der Waals surface area contributed by atoms with Crippen LogP contribution in [-0.2, 0) is 4.79 Å². The molecule has 0 radical (unpaired) electrons. The fourth-order valence-corrected chi connectivity index (χ4v) is 3.42. The lowest BCUT2D eigenvalue weighted by molar-refractivity contribution is -0.121. The first-order chi connectivity index (χ1) is 12.5. The van der Waals surface area contributed by atoms with Crippen LogP contribution in [0, 0.1) is 0 Å². The Balaban J connectivity index is 1.67. The van der Waals surface area contributed by atoms with Gasteiger partial charge in [-0.25, -0.2) is 4.79 Å². The van der Waals surface area contributed by atoms with Crippen LogP contribution in [0.3, 0.4) is 0 Å². The summed E-state index contributed by atoms with van der Waals surface area (Å²) in [5, 5.41) is 5.92. The summed E-state index contributed by atoms with van der Waals surface area (Å²) in [5.41, 5.74) is 1.36. The number of carbonyl (C=O) groups excluding carboxylic acids is 2. The van der Waals surface area contributed by atoms with E-state index < -0.39 is 0 Å². The fourth-order valence-electron chi connectivity index (χ4n) is 3.42. The molecular weight excluding hydrogens is 332 g/mol. The molecule has 1 aromatic rings. The van der Waals surface area contributed by atoms with E-state index in [2.05, 4.69) is 10.6 Å². The van der Waals surface area contributed by atoms with E-state index in [-0.39, 0.29) is 24.6 Å². The summed E-state index contributed by atoms with van der Waals surface area (Å²) >= 11 is 0. The molecule has 1 heterocycles. The van der Waals surface area contributed by atoms with Gasteiger partial charge in [-0.1, -0.05) is 19.3 Å². The topological polar surface area (TPSA) is 73.9 Å². The lowest BCUT2D eigenvalue weighted by atomic mass is 9.96. The quantitative estimate of drug-likeness (QED) is 0.846. The van der Waals surface area contributed by atoms with Gasteiger partial charge in [0.05, 0.1) is 5.69 Å². The van der Waals surface area contributed by atoms with Gasteiger partial charge in [-0.05, 0) is 45.1 Å². The number of nitrogens with one attached hydrogen (secondary N) is 2. The molecule has 0 bridgehead atoms. The van der Waals surface area contributed by atoms with E-state index in [1.165, 1.54) is 19.3 Å². The third-order valence-electron chi connectivity index (χ3n) is 4.87. The molecule has 3 rings (SSSR count). The van der Waals surface area contributed by atoms with Crippen molar-refractivity contribution in [2.24, 2.45) is 0 Å². The summed E-state index contributed by atoms with van der Waals surface area (Å²) < 4.78 is 5.52. The molecule has 0 saturated heterocycles. The van der Waals surface area contributed by atoms with E-state index >= 15 is 0 Å². The Morgan fingerprint density at radius 1 is 1.27 bits per heavy atom. The van der Waals surface area contributed by atoms with Gasteiger partial charge in [0.1, 0.15) is 5.75 Å². The molecule has 1 aliphatic carbocycles. The minimum atomic E-state index is -0.195. The molecule has 1 fully saturated rings. The van der Waals surface area contributed by atoms with Crippen LogP contribution in [0.15, 0.2) is 18.2 Å². The normalized spacial score (nSPS) is 17.7. The number of hydrogen-bond donors (Lipinski definition) is 2. The maximum atomic E-state index is 12.3. The first-order valence-corrected chi connectivity index (χ1v) is 9.32. The zero-order valence-corrected chi connectivity index (χ0v) is 15.6. The van der Waals surface area contributed by atoms with Crippen LogP contribution < -0.4 is 20.3 Å². The minimum Gasteiger partial charge on any atom is -0.482 e. The second-order valence-electron chi connectivity index (χ2n) is 7.25. The van der Waals surface area contributed by atoms with Crippen molar-refractivity contribution in [2.75, 3.05) is 44.0 Å². The fraction of sp³-hybridized carbons (Fsp3) is 0.579. The molecule has 2 N–H and O–H groups in total. The number of anilines is 2. The average molecular weight is 360 g/mol. The highest BCUT2D eigenvalue weighted by Crippen LogP contribution is 2.34. The number of carbonyl (C=O) groups is 2. The Morgan fingerprint density at radius 2 is 2.04 bits per heavy atom. The standard InChI is InChI=1S/C19H28N4O3/c1-22(2)10-11-23-16-12-15(8-9-17(16)26-13-18(23)24)21-19(25)20-14-6-4-3-5-7-14/h8-9,12,14H,3-7,10-11,13H2,1-2H3,(H2,20,21,25). The molecule has 0 atom stereocenters. The summed E-state index contributed by atoms with van der Waals surface area (Å²) in [7, 11) is 3.94. The van der Waals surface area contributed by atoms with Crippen LogP contribution in [0.2, 0.25) is 0 Å². The Morgan fingerprint density at radius 3 is 2.77 bits per heavy atom. The first-order valence-electron chi connectivity index (χ1n) is 9.32. The highest BCUT2D eigenvalue weighted by atomic mass is 16.5. The lowest BCUT2D eigenvalue weighted by Gasteiger charge is -2.30. The zero-order chi connectivity index (χ0) is 18.5. The number of hydrogen-bond acceptors (Lipinski definition) is 4. The van der Waals surface area contributed by atoms with Crippen molar-refractivity contribution >= 4 is 23.3 Å². The van der Waals surface area contributed by atoms with Crippen molar-refractivity contribution in [1.29, 1.82) is 0 Å². The predicted molar refractivity (Wildman–Crippen MR) is 102 cm³/mol. The number of amides is 3. The van der Waals surface area contributed by atoms with E-state index in [1.54, 1.807) is 17.0 Å². The van der Waals surface area contributed by atoms with Gasteiger partial charge in [0.2, 0.25) is 0 Å². The van der Waals surface area contributed by atoms with Crippen molar-refractivity contribution in [3.8, 4) is 5.75 Å². The third-order valence-corrected chi connectivity index (χ3v) is 4.87. The SMILES string of the molecule is CN(C)CCN1C(=O)COc2ccc(NC(=O)NC3CCCCC3)cc21. The van der Waals surface area contributed by atoms with Crippen LogP contribution in [-0.4, -0.2) is 56.7 Å². The van der Waals surface area contributed by atoms with Gasteiger partial charge in [0.25, 0.3) is 5.91 Å². The second-order valence-corrected chi connectivity index (χ2v) is 7.25. The largest absolute Gasteiger partial charge is 0.482 e. The number of nitrogens with zero attached hydrogens (tertiary/aromatic N) is 2. The van der Waals surface area contributed by atoms with E-state index in [9.17, 15) is 9.59 Å². The molecule has 142 valence electrons. The van der Waals surface area contributed by atoms with Gasteiger partial charge in [-0.2, -0.15) is 0 Å². The molecule has 26 heavy (non-hydrogen) atoms. The summed E-state index contributed by atoms with van der Waals surface area (Å²) in [6.45, 7) is 1.39. The van der Waals surface area contributed by atoms with E-state index in [4.69, 9.17) is 4.74 Å². The van der Waals surface area contributed by atoms with Gasteiger partial charge in [-0.15, -0.1) is 0 Å². The third kappa shape index (κ3) is 4.66. The van der Waals surface area contributed by atoms with Gasteiger partial charge in [0, 0.05) is 24.8 Å². The molecule has 3 amide bonds. The van der Waals surface area contributed by atoms with Crippen molar-refractivity contribution in [3.05, 3.63) is 18.2 Å². The van der Waals surface area contributed by atoms with E-state index in [0.717, 1.165) is 19.4 Å². The molecule has 7 heteroatoms. The molecule has 0 spiro atoms. The summed E-state index contributed by atoms with van der Waals surface area (Å²) in [6.07, 6.45) is 5.67. The van der Waals surface area contributed by atoms with Crippen molar-refractivity contribution in [2.45, 2.75) is 38.1 Å². The van der Waals surface area contributed by atoms with Gasteiger partial charge in [0.15, 0.2) is 6.61 Å². The van der Waals surface area contributed by atoms with Crippen LogP contribution in [0.5, 0.6) is 5.75 Å². The number of benzene rings is 1. The molecule has 0 aromatic heterocycles. The monoisotopic (exact) mass is 360 g/mol. The summed E-state index contributed by atoms with van der Waals surface area (Å²) in [6, 6.07) is 5.48. The Bertz CT molecular complexity index is 656. The first kappa shape index (κ1) is 18.5. The highest BCUT2D eigenvalue weighted by Gasteiger charge is 2.26. The highest BCUT2D eigenvalue weighted by molar-refractivity contribution is 5.99. The number of likely N-dealkylation sites (N-methyl/N-ethyl adjacent to an activating group) is 1.